The molecule has 2 N–H and O–H groups in total. The maximum absolute atomic E-state index is 10.0. The SMILES string of the molecule is CCC(NCC1(C2CC2)CC1)c1cc(Br)ccc1O. The van der Waals surface area contributed by atoms with Crippen LogP contribution in [-0.4, -0.2) is 11.7 Å². The second kappa shape index (κ2) is 5.10. The van der Waals surface area contributed by atoms with Crippen molar-refractivity contribution >= 4 is 15.9 Å². The summed E-state index contributed by atoms with van der Waals surface area (Å²) in [6.45, 7) is 3.29. The first-order valence-corrected chi connectivity index (χ1v) is 8.16. The molecule has 0 aromatic heterocycles. The average Bonchev–Trinajstić information content (AvgIpc) is 3.27. The molecule has 1 atom stereocenters. The maximum Gasteiger partial charge on any atom is 0.120 e. The van der Waals surface area contributed by atoms with E-state index in [1.54, 1.807) is 6.07 Å². The Bertz CT molecular complexity index is 466. The standard InChI is InChI=1S/C16H22BrNO/c1-2-14(13-9-12(17)5-6-15(13)19)18-10-16(7-8-16)11-3-4-11/h5-6,9,11,14,18-19H,2-4,7-8,10H2,1H3. The summed E-state index contributed by atoms with van der Waals surface area (Å²) in [5.74, 6) is 1.38. The maximum atomic E-state index is 10.0. The van der Waals surface area contributed by atoms with Crippen molar-refractivity contribution in [1.29, 1.82) is 0 Å². The zero-order valence-corrected chi connectivity index (χ0v) is 13.0. The third-order valence-corrected chi connectivity index (χ3v) is 5.30. The van der Waals surface area contributed by atoms with Crippen LogP contribution in [0.15, 0.2) is 22.7 Å². The third-order valence-electron chi connectivity index (χ3n) is 4.81. The van der Waals surface area contributed by atoms with Crippen LogP contribution >= 0.6 is 15.9 Å². The number of hydrogen-bond donors (Lipinski definition) is 2. The molecule has 0 amide bonds. The summed E-state index contributed by atoms with van der Waals surface area (Å²) in [6.07, 6.45) is 6.66. The molecule has 3 heteroatoms. The predicted molar refractivity (Wildman–Crippen MR) is 81.2 cm³/mol. The number of phenolic OH excluding ortho intramolecular Hbond substituents is 1. The Balaban J connectivity index is 1.68. The van der Waals surface area contributed by atoms with E-state index in [0.717, 1.165) is 28.9 Å². The van der Waals surface area contributed by atoms with Gasteiger partial charge in [0.25, 0.3) is 0 Å². The monoisotopic (exact) mass is 323 g/mol. The van der Waals surface area contributed by atoms with Crippen LogP contribution in [-0.2, 0) is 0 Å². The first kappa shape index (κ1) is 13.4. The Hall–Kier alpha value is -0.540. The molecule has 2 fully saturated rings. The van der Waals surface area contributed by atoms with Gasteiger partial charge in [0.1, 0.15) is 5.75 Å². The minimum atomic E-state index is 0.258. The molecule has 2 aliphatic rings. The van der Waals surface area contributed by atoms with E-state index in [2.05, 4.69) is 28.2 Å². The van der Waals surface area contributed by atoms with Gasteiger partial charge < -0.3 is 10.4 Å². The van der Waals surface area contributed by atoms with Crippen molar-refractivity contribution in [1.82, 2.24) is 5.32 Å². The normalized spacial score (nSPS) is 22.2. The molecular weight excluding hydrogens is 302 g/mol. The van der Waals surface area contributed by atoms with Gasteiger partial charge in [-0.3, -0.25) is 0 Å². The van der Waals surface area contributed by atoms with Gasteiger partial charge >= 0.3 is 0 Å². The summed E-state index contributed by atoms with van der Waals surface area (Å²) >= 11 is 3.49. The summed E-state index contributed by atoms with van der Waals surface area (Å²) in [6, 6.07) is 5.96. The van der Waals surface area contributed by atoms with Gasteiger partial charge in [0.15, 0.2) is 0 Å². The molecule has 0 aliphatic heterocycles. The number of nitrogens with one attached hydrogen (secondary N) is 1. The van der Waals surface area contributed by atoms with Crippen LogP contribution in [0, 0.1) is 11.3 Å². The van der Waals surface area contributed by atoms with Crippen LogP contribution < -0.4 is 5.32 Å². The lowest BCUT2D eigenvalue weighted by atomic mass is 9.98. The lowest BCUT2D eigenvalue weighted by molar-refractivity contribution is 0.363. The van der Waals surface area contributed by atoms with Crippen LogP contribution in [0.1, 0.15) is 50.6 Å². The fourth-order valence-corrected chi connectivity index (χ4v) is 3.57. The molecule has 0 radical (unpaired) electrons. The van der Waals surface area contributed by atoms with Gasteiger partial charge in [0.2, 0.25) is 0 Å². The van der Waals surface area contributed by atoms with Gasteiger partial charge in [-0.15, -0.1) is 0 Å². The number of phenols is 1. The number of hydrogen-bond acceptors (Lipinski definition) is 2. The van der Waals surface area contributed by atoms with Crippen LogP contribution in [0.25, 0.3) is 0 Å². The molecule has 104 valence electrons. The second-order valence-corrected chi connectivity index (χ2v) is 7.10. The Morgan fingerprint density at radius 2 is 2.16 bits per heavy atom. The topological polar surface area (TPSA) is 32.3 Å². The summed E-state index contributed by atoms with van der Waals surface area (Å²) in [7, 11) is 0. The van der Waals surface area contributed by atoms with Crippen LogP contribution in [0.4, 0.5) is 0 Å². The fourth-order valence-electron chi connectivity index (χ4n) is 3.19. The Morgan fingerprint density at radius 3 is 2.74 bits per heavy atom. The summed E-state index contributed by atoms with van der Waals surface area (Å²) in [5.41, 5.74) is 1.62. The van der Waals surface area contributed by atoms with E-state index in [1.165, 1.54) is 25.7 Å². The minimum absolute atomic E-state index is 0.258. The highest BCUT2D eigenvalue weighted by Crippen LogP contribution is 2.61. The molecule has 2 saturated carbocycles. The van der Waals surface area contributed by atoms with E-state index in [9.17, 15) is 5.11 Å². The molecule has 19 heavy (non-hydrogen) atoms. The average molecular weight is 324 g/mol. The van der Waals surface area contributed by atoms with E-state index < -0.39 is 0 Å². The molecule has 2 nitrogen and oxygen atoms in total. The smallest absolute Gasteiger partial charge is 0.120 e. The van der Waals surface area contributed by atoms with Crippen molar-refractivity contribution < 1.29 is 5.11 Å². The molecule has 3 rings (SSSR count). The van der Waals surface area contributed by atoms with Crippen LogP contribution in [0.5, 0.6) is 5.75 Å². The quantitative estimate of drug-likeness (QED) is 0.813. The van der Waals surface area contributed by atoms with E-state index in [1.807, 2.05) is 12.1 Å². The predicted octanol–water partition coefficient (Wildman–Crippen LogP) is 4.39. The molecule has 2 aliphatic carbocycles. The highest BCUT2D eigenvalue weighted by atomic mass is 79.9. The van der Waals surface area contributed by atoms with Crippen LogP contribution in [0.3, 0.4) is 0 Å². The molecule has 1 aromatic rings. The van der Waals surface area contributed by atoms with Gasteiger partial charge in [-0.05, 0) is 61.6 Å². The molecule has 0 heterocycles. The molecular formula is C16H22BrNO. The van der Waals surface area contributed by atoms with Crippen molar-refractivity contribution in [3.05, 3.63) is 28.2 Å². The van der Waals surface area contributed by atoms with Crippen molar-refractivity contribution in [2.75, 3.05) is 6.54 Å². The fraction of sp³-hybridized carbons (Fsp3) is 0.625. The first-order chi connectivity index (χ1) is 9.14. The minimum Gasteiger partial charge on any atom is -0.508 e. The lowest BCUT2D eigenvalue weighted by Gasteiger charge is -2.23. The number of aromatic hydroxyl groups is 1. The molecule has 0 saturated heterocycles. The highest BCUT2D eigenvalue weighted by Gasteiger charge is 2.53. The zero-order chi connectivity index (χ0) is 13.5. The summed E-state index contributed by atoms with van der Waals surface area (Å²) < 4.78 is 1.03. The Kier molecular flexibility index (Phi) is 3.61. The van der Waals surface area contributed by atoms with Crippen molar-refractivity contribution in [2.24, 2.45) is 11.3 Å². The van der Waals surface area contributed by atoms with Gasteiger partial charge in [-0.2, -0.15) is 0 Å². The van der Waals surface area contributed by atoms with Crippen molar-refractivity contribution in [3.8, 4) is 5.75 Å². The highest BCUT2D eigenvalue weighted by molar-refractivity contribution is 9.10. The number of benzene rings is 1. The molecule has 1 aromatic carbocycles. The molecule has 0 bridgehead atoms. The lowest BCUT2D eigenvalue weighted by Crippen LogP contribution is -2.29. The molecule has 1 unspecified atom stereocenters. The van der Waals surface area contributed by atoms with E-state index >= 15 is 0 Å². The van der Waals surface area contributed by atoms with Gasteiger partial charge in [-0.1, -0.05) is 22.9 Å². The molecule has 0 spiro atoms. The first-order valence-electron chi connectivity index (χ1n) is 7.36. The Morgan fingerprint density at radius 1 is 1.42 bits per heavy atom. The second-order valence-electron chi connectivity index (χ2n) is 6.18. The number of halogens is 1. The Labute approximate surface area is 123 Å². The third kappa shape index (κ3) is 2.82. The van der Waals surface area contributed by atoms with Gasteiger partial charge in [0, 0.05) is 22.6 Å². The van der Waals surface area contributed by atoms with Crippen LogP contribution in [0.2, 0.25) is 0 Å². The van der Waals surface area contributed by atoms with E-state index in [4.69, 9.17) is 0 Å². The van der Waals surface area contributed by atoms with E-state index in [0.29, 0.717) is 11.2 Å². The van der Waals surface area contributed by atoms with Crippen molar-refractivity contribution in [3.63, 3.8) is 0 Å². The van der Waals surface area contributed by atoms with Crippen molar-refractivity contribution in [2.45, 2.75) is 45.1 Å². The van der Waals surface area contributed by atoms with E-state index in [-0.39, 0.29) is 6.04 Å². The zero-order valence-electron chi connectivity index (χ0n) is 11.5. The largest absolute Gasteiger partial charge is 0.508 e. The number of rotatable bonds is 6. The van der Waals surface area contributed by atoms with Gasteiger partial charge in [-0.25, -0.2) is 0 Å². The van der Waals surface area contributed by atoms with Gasteiger partial charge in [0.05, 0.1) is 0 Å². The summed E-state index contributed by atoms with van der Waals surface area (Å²) in [5, 5.41) is 13.7. The summed E-state index contributed by atoms with van der Waals surface area (Å²) in [4.78, 5) is 0.